The minimum Gasteiger partial charge on any atom is -0.455 e. The number of ether oxygens (including phenoxy) is 1. The third-order valence-corrected chi connectivity index (χ3v) is 7.53. The minimum absolute atomic E-state index is 0.0307. The molecule has 0 atom stereocenters. The fourth-order valence-electron chi connectivity index (χ4n) is 1.76. The Morgan fingerprint density at radius 3 is 1.28 bits per heavy atom. The largest absolute Gasteiger partial charge is 0.455 e. The van der Waals surface area contributed by atoms with Crippen LogP contribution in [-0.4, -0.2) is 23.5 Å². The molecule has 0 aliphatic rings. The molecule has 0 heterocycles. The van der Waals surface area contributed by atoms with Crippen LogP contribution in [0.1, 0.15) is 0 Å². The minimum atomic E-state index is -4.27. The van der Waals surface area contributed by atoms with Gasteiger partial charge in [-0.15, -0.1) is 0 Å². The Labute approximate surface area is 164 Å². The van der Waals surface area contributed by atoms with E-state index in [-0.39, 0.29) is 28.0 Å². The van der Waals surface area contributed by atoms with Crippen molar-refractivity contribution in [1.29, 1.82) is 0 Å². The molecule has 0 fully saturated rings. The Bertz CT molecular complexity index is 901. The van der Waals surface area contributed by atoms with Gasteiger partial charge in [0.15, 0.2) is 0 Å². The molecule has 13 heteroatoms. The lowest BCUT2D eigenvalue weighted by atomic mass is 10.3. The van der Waals surface area contributed by atoms with Crippen molar-refractivity contribution < 1.29 is 21.6 Å². The lowest BCUT2D eigenvalue weighted by molar-refractivity contribution is 0.452. The van der Waals surface area contributed by atoms with Crippen molar-refractivity contribution in [3.8, 4) is 11.5 Å². The fourth-order valence-corrected chi connectivity index (χ4v) is 4.18. The topological polar surface area (TPSA) is 84.0 Å². The molecule has 7 nitrogen and oxygen atoms in total. The molecule has 0 bridgehead atoms. The van der Waals surface area contributed by atoms with E-state index in [1.54, 1.807) is 0 Å². The zero-order valence-corrected chi connectivity index (χ0v) is 16.5. The number of rotatable bonds is 6. The van der Waals surface area contributed by atoms with E-state index in [1.807, 2.05) is 0 Å². The van der Waals surface area contributed by atoms with E-state index in [0.717, 1.165) is 0 Å². The highest BCUT2D eigenvalue weighted by Crippen LogP contribution is 2.36. The van der Waals surface area contributed by atoms with Crippen molar-refractivity contribution in [2.45, 2.75) is 9.79 Å². The smallest absolute Gasteiger partial charge is 0.274 e. The highest BCUT2D eigenvalue weighted by atomic mass is 35.6. The van der Waals surface area contributed by atoms with Gasteiger partial charge in [0.25, 0.3) is 20.0 Å². The van der Waals surface area contributed by atoms with E-state index in [2.05, 4.69) is 0 Å². The number of hydrogen-bond donors (Lipinski definition) is 0. The van der Waals surface area contributed by atoms with Gasteiger partial charge in [-0.3, -0.25) is 0 Å². The number of halogens is 4. The molecule has 0 aliphatic carbocycles. The van der Waals surface area contributed by atoms with Gasteiger partial charge in [0.2, 0.25) is 0 Å². The predicted octanol–water partition coefficient (Wildman–Crippen LogP) is 4.08. The third-order valence-electron chi connectivity index (χ3n) is 2.84. The van der Waals surface area contributed by atoms with Gasteiger partial charge >= 0.3 is 0 Å². The highest BCUT2D eigenvalue weighted by molar-refractivity contribution is 7.91. The summed E-state index contributed by atoms with van der Waals surface area (Å²) in [6.45, 7) is 0. The maximum atomic E-state index is 12.1. The molecule has 0 saturated carbocycles. The van der Waals surface area contributed by atoms with Crippen LogP contribution in [0.3, 0.4) is 0 Å². The van der Waals surface area contributed by atoms with E-state index >= 15 is 0 Å². The quantitative estimate of drug-likeness (QED) is 0.600. The molecular weight excluding hydrogens is 458 g/mol. The first-order chi connectivity index (χ1) is 11.6. The Kier molecular flexibility index (Phi) is 6.45. The average molecular weight is 466 g/mol. The van der Waals surface area contributed by atoms with Gasteiger partial charge < -0.3 is 4.74 Å². The van der Waals surface area contributed by atoms with Gasteiger partial charge in [0.1, 0.15) is 21.3 Å². The Morgan fingerprint density at radius 1 is 0.640 bits per heavy atom. The molecule has 2 aromatic carbocycles. The standard InChI is InChI=1S/C12H8Cl4N2O5S2/c13-17(14)24(19,20)11-7-3-1-5-9(11)23-10-6-2-4-8-12(10)25(21,22)18(15)16/h1-8H. The second-order valence-corrected chi connectivity index (χ2v) is 10.4. The first kappa shape index (κ1) is 20.5. The molecule has 2 aromatic rings. The van der Waals surface area contributed by atoms with Crippen molar-refractivity contribution in [2.75, 3.05) is 0 Å². The van der Waals surface area contributed by atoms with Gasteiger partial charge in [-0.25, -0.2) is 16.8 Å². The van der Waals surface area contributed by atoms with Gasteiger partial charge in [0.05, 0.1) is 0 Å². The van der Waals surface area contributed by atoms with Crippen LogP contribution in [0.5, 0.6) is 11.5 Å². The van der Waals surface area contributed by atoms with Gasteiger partial charge in [-0.2, -0.15) is 0 Å². The third kappa shape index (κ3) is 4.32. The molecule has 136 valence electrons. The maximum absolute atomic E-state index is 12.1. The molecule has 0 saturated heterocycles. The van der Waals surface area contributed by atoms with E-state index < -0.39 is 20.0 Å². The first-order valence-electron chi connectivity index (χ1n) is 6.18. The summed E-state index contributed by atoms with van der Waals surface area (Å²) >= 11 is 21.4. The summed E-state index contributed by atoms with van der Waals surface area (Å²) in [6.07, 6.45) is 0. The van der Waals surface area contributed by atoms with E-state index in [4.69, 9.17) is 51.8 Å². The lowest BCUT2D eigenvalue weighted by Crippen LogP contribution is -2.15. The van der Waals surface area contributed by atoms with Crippen molar-refractivity contribution in [1.82, 2.24) is 6.69 Å². The number of nitrogens with zero attached hydrogens (tertiary/aromatic N) is 2. The summed E-state index contributed by atoms with van der Waals surface area (Å²) in [6, 6.07) is 10.8. The van der Waals surface area contributed by atoms with Crippen LogP contribution < -0.4 is 4.74 Å². The average Bonchev–Trinajstić information content (AvgIpc) is 2.55. The summed E-state index contributed by atoms with van der Waals surface area (Å²) in [5, 5.41) is 0. The zero-order chi connectivity index (χ0) is 18.8. The molecule has 0 amide bonds. The van der Waals surface area contributed by atoms with Crippen LogP contribution >= 0.6 is 47.1 Å². The number of para-hydroxylation sites is 2. The van der Waals surface area contributed by atoms with Crippen LogP contribution in [0.25, 0.3) is 0 Å². The van der Waals surface area contributed by atoms with Crippen LogP contribution in [0.2, 0.25) is 0 Å². The monoisotopic (exact) mass is 464 g/mol. The highest BCUT2D eigenvalue weighted by Gasteiger charge is 2.29. The molecule has 0 N–H and O–H groups in total. The summed E-state index contributed by atoms with van der Waals surface area (Å²) in [5.41, 5.74) is 0. The van der Waals surface area contributed by atoms with E-state index in [9.17, 15) is 16.8 Å². The molecule has 0 radical (unpaired) electrons. The molecule has 25 heavy (non-hydrogen) atoms. The normalized spacial score (nSPS) is 12.6. The Hall–Kier alpha value is -0.780. The molecule has 0 aliphatic heterocycles. The van der Waals surface area contributed by atoms with E-state index in [1.165, 1.54) is 48.5 Å². The van der Waals surface area contributed by atoms with Crippen LogP contribution in [0, 0.1) is 0 Å². The Balaban J connectivity index is 2.58. The van der Waals surface area contributed by atoms with Crippen molar-refractivity contribution in [3.63, 3.8) is 0 Å². The maximum Gasteiger partial charge on any atom is 0.274 e. The van der Waals surface area contributed by atoms with Crippen LogP contribution in [-0.2, 0) is 20.0 Å². The van der Waals surface area contributed by atoms with Crippen molar-refractivity contribution >= 4 is 67.2 Å². The second kappa shape index (κ2) is 7.85. The lowest BCUT2D eigenvalue weighted by Gasteiger charge is -2.15. The van der Waals surface area contributed by atoms with Crippen molar-refractivity contribution in [2.24, 2.45) is 0 Å². The summed E-state index contributed by atoms with van der Waals surface area (Å²) < 4.78 is 54.0. The van der Waals surface area contributed by atoms with Crippen LogP contribution in [0.4, 0.5) is 0 Å². The number of sulfonamides is 2. The summed E-state index contributed by atoms with van der Waals surface area (Å²) in [4.78, 5) is -0.749. The molecule has 0 aromatic heterocycles. The zero-order valence-electron chi connectivity index (χ0n) is 11.9. The molecule has 0 unspecified atom stereocenters. The van der Waals surface area contributed by atoms with E-state index in [0.29, 0.717) is 0 Å². The Morgan fingerprint density at radius 2 is 0.960 bits per heavy atom. The fraction of sp³-hybridized carbons (Fsp3) is 0. The summed E-state index contributed by atoms with van der Waals surface area (Å²) in [7, 11) is -8.53. The molecule has 2 rings (SSSR count). The molecular formula is C12H8Cl4N2O5S2. The SMILES string of the molecule is O=S(=O)(c1ccccc1Oc1ccccc1S(=O)(=O)N(Cl)Cl)N(Cl)Cl. The van der Waals surface area contributed by atoms with Gasteiger partial charge in [-0.05, 0) is 31.0 Å². The summed E-state index contributed by atoms with van der Waals surface area (Å²) in [5.74, 6) is -0.403. The van der Waals surface area contributed by atoms with Crippen molar-refractivity contribution in [3.05, 3.63) is 48.5 Å². The number of hydrogen-bond acceptors (Lipinski definition) is 5. The first-order valence-corrected chi connectivity index (χ1v) is 10.4. The van der Waals surface area contributed by atoms with Crippen LogP contribution in [0.15, 0.2) is 58.3 Å². The van der Waals surface area contributed by atoms with Gasteiger partial charge in [0, 0.05) is 47.1 Å². The predicted molar refractivity (Wildman–Crippen MR) is 94.4 cm³/mol. The van der Waals surface area contributed by atoms with Gasteiger partial charge in [-0.1, -0.05) is 24.3 Å². The molecule has 0 spiro atoms. The second-order valence-electron chi connectivity index (χ2n) is 4.35. The number of benzene rings is 2.